The van der Waals surface area contributed by atoms with E-state index >= 15 is 0 Å². The summed E-state index contributed by atoms with van der Waals surface area (Å²) in [5.41, 5.74) is 7.56. The Morgan fingerprint density at radius 2 is 2.14 bits per heavy atom. The van der Waals surface area contributed by atoms with Crippen LogP contribution in [-0.2, 0) is 4.74 Å². The van der Waals surface area contributed by atoms with Crippen molar-refractivity contribution in [3.63, 3.8) is 0 Å². The van der Waals surface area contributed by atoms with Gasteiger partial charge < -0.3 is 20.7 Å². The lowest BCUT2D eigenvalue weighted by molar-refractivity contribution is 0.0527. The molecule has 3 N–H and O–H groups in total. The molecule has 0 aliphatic rings. The van der Waals surface area contributed by atoms with Gasteiger partial charge in [-0.05, 0) is 45.5 Å². The lowest BCUT2D eigenvalue weighted by Crippen LogP contribution is -2.32. The first kappa shape index (κ1) is 17.3. The van der Waals surface area contributed by atoms with Crippen molar-refractivity contribution in [2.75, 3.05) is 37.8 Å². The van der Waals surface area contributed by atoms with E-state index in [1.165, 1.54) is 0 Å². The van der Waals surface area contributed by atoms with Crippen LogP contribution in [0.4, 0.5) is 11.4 Å². The maximum absolute atomic E-state index is 11.9. The highest BCUT2D eigenvalue weighted by Crippen LogP contribution is 2.20. The molecule has 0 saturated heterocycles. The summed E-state index contributed by atoms with van der Waals surface area (Å²) in [6.45, 7) is 8.18. The van der Waals surface area contributed by atoms with Gasteiger partial charge in [0.1, 0.15) is 0 Å². The smallest absolute Gasteiger partial charge is 0.340 e. The number of esters is 1. The van der Waals surface area contributed by atoms with E-state index in [4.69, 9.17) is 10.5 Å². The molecular weight excluding hydrogens is 266 g/mol. The number of ether oxygens (including phenoxy) is 1. The van der Waals surface area contributed by atoms with Crippen molar-refractivity contribution < 1.29 is 9.53 Å². The Bertz CT molecular complexity index is 463. The maximum Gasteiger partial charge on any atom is 0.340 e. The van der Waals surface area contributed by atoms with Crippen LogP contribution in [0.25, 0.3) is 0 Å². The second-order valence-corrected chi connectivity index (χ2v) is 5.19. The fourth-order valence-corrected chi connectivity index (χ4v) is 1.99. The highest BCUT2D eigenvalue weighted by molar-refractivity contribution is 5.96. The highest BCUT2D eigenvalue weighted by atomic mass is 16.5. The van der Waals surface area contributed by atoms with Gasteiger partial charge in [-0.15, -0.1) is 0 Å². The van der Waals surface area contributed by atoms with Gasteiger partial charge in [0.15, 0.2) is 0 Å². The number of rotatable bonds is 8. The first-order valence-electron chi connectivity index (χ1n) is 7.50. The summed E-state index contributed by atoms with van der Waals surface area (Å²) < 4.78 is 5.06. The van der Waals surface area contributed by atoms with Crippen molar-refractivity contribution in [2.45, 2.75) is 33.2 Å². The molecule has 5 nitrogen and oxygen atoms in total. The van der Waals surface area contributed by atoms with E-state index in [1.54, 1.807) is 19.1 Å². The second-order valence-electron chi connectivity index (χ2n) is 5.19. The fourth-order valence-electron chi connectivity index (χ4n) is 1.99. The minimum Gasteiger partial charge on any atom is -0.462 e. The van der Waals surface area contributed by atoms with Gasteiger partial charge in [0.25, 0.3) is 0 Å². The zero-order valence-corrected chi connectivity index (χ0v) is 13.5. The number of hydrogen-bond donors (Lipinski definition) is 2. The van der Waals surface area contributed by atoms with Crippen LogP contribution >= 0.6 is 0 Å². The van der Waals surface area contributed by atoms with Crippen molar-refractivity contribution in [3.8, 4) is 0 Å². The molecule has 1 rings (SSSR count). The lowest BCUT2D eigenvalue weighted by atomic mass is 10.1. The molecule has 0 aliphatic heterocycles. The monoisotopic (exact) mass is 293 g/mol. The molecule has 21 heavy (non-hydrogen) atoms. The van der Waals surface area contributed by atoms with Crippen LogP contribution in [0.15, 0.2) is 18.2 Å². The fraction of sp³-hybridized carbons (Fsp3) is 0.562. The Labute approximate surface area is 127 Å². The van der Waals surface area contributed by atoms with Crippen LogP contribution in [0.5, 0.6) is 0 Å². The molecule has 1 aromatic carbocycles. The number of benzene rings is 1. The van der Waals surface area contributed by atoms with Gasteiger partial charge >= 0.3 is 5.97 Å². The molecule has 1 aromatic rings. The van der Waals surface area contributed by atoms with Crippen LogP contribution in [-0.4, -0.2) is 43.7 Å². The van der Waals surface area contributed by atoms with Gasteiger partial charge in [0, 0.05) is 30.5 Å². The minimum atomic E-state index is -0.345. The lowest BCUT2D eigenvalue weighted by Gasteiger charge is -2.24. The third-order valence-corrected chi connectivity index (χ3v) is 3.66. The van der Waals surface area contributed by atoms with Crippen LogP contribution in [0.2, 0.25) is 0 Å². The van der Waals surface area contributed by atoms with Gasteiger partial charge in [-0.1, -0.05) is 6.92 Å². The van der Waals surface area contributed by atoms with E-state index in [2.05, 4.69) is 31.1 Å². The summed E-state index contributed by atoms with van der Waals surface area (Å²) >= 11 is 0. The highest BCUT2D eigenvalue weighted by Gasteiger charge is 2.13. The van der Waals surface area contributed by atoms with E-state index in [-0.39, 0.29) is 5.97 Å². The average molecular weight is 293 g/mol. The molecule has 5 heteroatoms. The van der Waals surface area contributed by atoms with Gasteiger partial charge in [0.05, 0.1) is 12.2 Å². The molecule has 0 bridgehead atoms. The molecule has 118 valence electrons. The van der Waals surface area contributed by atoms with E-state index < -0.39 is 0 Å². The number of nitrogens with two attached hydrogens (primary N) is 1. The summed E-state index contributed by atoms with van der Waals surface area (Å²) in [6.07, 6.45) is 1.12. The number of hydrogen-bond acceptors (Lipinski definition) is 5. The standard InChI is InChI=1S/C16H27N3O2/c1-5-12(3)19(4)10-9-18-15-8-7-13(17)11-14(15)16(20)21-6-2/h7-8,11-12,18H,5-6,9-10,17H2,1-4H3. The van der Waals surface area contributed by atoms with Crippen molar-refractivity contribution in [3.05, 3.63) is 23.8 Å². The third-order valence-electron chi connectivity index (χ3n) is 3.66. The Balaban J connectivity index is 2.68. The number of nitrogens with one attached hydrogen (secondary N) is 1. The van der Waals surface area contributed by atoms with Crippen LogP contribution in [0, 0.1) is 0 Å². The Kier molecular flexibility index (Phi) is 7.02. The number of nitrogen functional groups attached to an aromatic ring is 1. The largest absolute Gasteiger partial charge is 0.462 e. The predicted octanol–water partition coefficient (Wildman–Crippen LogP) is 2.59. The Morgan fingerprint density at radius 3 is 2.76 bits per heavy atom. The molecule has 0 heterocycles. The molecule has 0 spiro atoms. The predicted molar refractivity (Wildman–Crippen MR) is 87.7 cm³/mol. The number of likely N-dealkylation sites (N-methyl/N-ethyl adjacent to an activating group) is 1. The zero-order chi connectivity index (χ0) is 15.8. The van der Waals surface area contributed by atoms with Crippen LogP contribution in [0.3, 0.4) is 0 Å². The van der Waals surface area contributed by atoms with E-state index in [0.717, 1.165) is 25.2 Å². The van der Waals surface area contributed by atoms with Crippen LogP contribution in [0.1, 0.15) is 37.6 Å². The molecule has 0 radical (unpaired) electrons. The third kappa shape index (κ3) is 5.27. The summed E-state index contributed by atoms with van der Waals surface area (Å²) in [5, 5.41) is 3.29. The first-order chi connectivity index (χ1) is 9.99. The molecular formula is C16H27N3O2. The molecule has 0 aliphatic carbocycles. The van der Waals surface area contributed by atoms with E-state index in [9.17, 15) is 4.79 Å². The average Bonchev–Trinajstić information content (AvgIpc) is 2.47. The Morgan fingerprint density at radius 1 is 1.43 bits per heavy atom. The van der Waals surface area contributed by atoms with Crippen molar-refractivity contribution in [1.82, 2.24) is 4.90 Å². The molecule has 0 aromatic heterocycles. The number of carbonyl (C=O) groups is 1. The van der Waals surface area contributed by atoms with E-state index in [1.807, 2.05) is 6.07 Å². The topological polar surface area (TPSA) is 67.6 Å². The number of carbonyl (C=O) groups excluding carboxylic acids is 1. The molecule has 0 saturated carbocycles. The SMILES string of the molecule is CCOC(=O)c1cc(N)ccc1NCCN(C)C(C)CC. The van der Waals surface area contributed by atoms with Gasteiger partial charge in [-0.25, -0.2) is 4.79 Å². The van der Waals surface area contributed by atoms with E-state index in [0.29, 0.717) is 23.9 Å². The van der Waals surface area contributed by atoms with Crippen molar-refractivity contribution >= 4 is 17.3 Å². The second kappa shape index (κ2) is 8.52. The van der Waals surface area contributed by atoms with Crippen LogP contribution < -0.4 is 11.1 Å². The summed E-state index contributed by atoms with van der Waals surface area (Å²) in [5.74, 6) is -0.345. The quantitative estimate of drug-likeness (QED) is 0.569. The normalized spacial score (nSPS) is 12.2. The van der Waals surface area contributed by atoms with Crippen molar-refractivity contribution in [2.24, 2.45) is 0 Å². The molecule has 0 fully saturated rings. The first-order valence-corrected chi connectivity index (χ1v) is 7.50. The molecule has 1 atom stereocenters. The summed E-state index contributed by atoms with van der Waals surface area (Å²) in [4.78, 5) is 14.2. The Hall–Kier alpha value is -1.75. The van der Waals surface area contributed by atoms with Gasteiger partial charge in [-0.3, -0.25) is 0 Å². The maximum atomic E-state index is 11.9. The summed E-state index contributed by atoms with van der Waals surface area (Å²) in [6, 6.07) is 5.80. The molecule has 1 unspecified atom stereocenters. The zero-order valence-electron chi connectivity index (χ0n) is 13.5. The number of anilines is 2. The van der Waals surface area contributed by atoms with Gasteiger partial charge in [0.2, 0.25) is 0 Å². The van der Waals surface area contributed by atoms with Crippen molar-refractivity contribution in [1.29, 1.82) is 0 Å². The summed E-state index contributed by atoms with van der Waals surface area (Å²) in [7, 11) is 2.10. The number of nitrogens with zero attached hydrogens (tertiary/aromatic N) is 1. The van der Waals surface area contributed by atoms with Gasteiger partial charge in [-0.2, -0.15) is 0 Å². The minimum absolute atomic E-state index is 0.345. The molecule has 0 amide bonds.